The molecule has 20 heavy (non-hydrogen) atoms. The normalized spacial score (nSPS) is 10.9. The average Bonchev–Trinajstić information content (AvgIpc) is 2.84. The number of nitrogens with two attached hydrogens (primary N) is 2. The van der Waals surface area contributed by atoms with Crippen molar-refractivity contribution in [1.29, 1.82) is 0 Å². The lowest BCUT2D eigenvalue weighted by Crippen LogP contribution is -1.99. The molecule has 0 atom stereocenters. The van der Waals surface area contributed by atoms with Gasteiger partial charge in [0, 0.05) is 5.69 Å². The van der Waals surface area contributed by atoms with E-state index >= 15 is 0 Å². The molecule has 5 N–H and O–H groups in total. The standard InChI is InChI=1S/C13H14N6O/c1-6-3-8(4-7(2)9(6)14)20-12-10-11(17-5-16-10)18-13(15)19-12/h3-5H,14H2,1-2H3,(H3,15,16,17,18,19). The van der Waals surface area contributed by atoms with E-state index in [9.17, 15) is 0 Å². The average molecular weight is 270 g/mol. The molecule has 3 rings (SSSR count). The number of aromatic amines is 1. The number of rotatable bonds is 2. The number of hydrogen-bond donors (Lipinski definition) is 3. The van der Waals surface area contributed by atoms with Gasteiger partial charge in [-0.3, -0.25) is 0 Å². The molecule has 0 amide bonds. The molecular weight excluding hydrogens is 256 g/mol. The lowest BCUT2D eigenvalue weighted by atomic mass is 10.1. The smallest absolute Gasteiger partial charge is 0.250 e. The molecule has 0 aliphatic heterocycles. The molecule has 1 aromatic carbocycles. The van der Waals surface area contributed by atoms with Crippen LogP contribution in [0.3, 0.4) is 0 Å². The largest absolute Gasteiger partial charge is 0.437 e. The van der Waals surface area contributed by atoms with Crippen molar-refractivity contribution in [2.24, 2.45) is 0 Å². The zero-order valence-corrected chi connectivity index (χ0v) is 11.1. The summed E-state index contributed by atoms with van der Waals surface area (Å²) in [4.78, 5) is 15.1. The van der Waals surface area contributed by atoms with Gasteiger partial charge in [-0.1, -0.05) is 0 Å². The molecule has 2 heterocycles. The maximum absolute atomic E-state index is 5.92. The molecule has 2 aromatic heterocycles. The van der Waals surface area contributed by atoms with Crippen LogP contribution in [0.2, 0.25) is 0 Å². The van der Waals surface area contributed by atoms with Crippen LogP contribution in [0.1, 0.15) is 11.1 Å². The van der Waals surface area contributed by atoms with Crippen LogP contribution in [0.25, 0.3) is 11.2 Å². The fraction of sp³-hybridized carbons (Fsp3) is 0.154. The Morgan fingerprint density at radius 1 is 1.10 bits per heavy atom. The summed E-state index contributed by atoms with van der Waals surface area (Å²) >= 11 is 0. The highest BCUT2D eigenvalue weighted by atomic mass is 16.5. The second kappa shape index (κ2) is 4.37. The second-order valence-corrected chi connectivity index (χ2v) is 4.56. The van der Waals surface area contributed by atoms with E-state index in [0.29, 0.717) is 22.8 Å². The summed E-state index contributed by atoms with van der Waals surface area (Å²) in [6.07, 6.45) is 1.52. The summed E-state index contributed by atoms with van der Waals surface area (Å²) in [6, 6.07) is 3.70. The highest BCUT2D eigenvalue weighted by Gasteiger charge is 2.12. The van der Waals surface area contributed by atoms with Gasteiger partial charge in [0.15, 0.2) is 5.65 Å². The SMILES string of the molecule is Cc1cc(Oc2nc(N)nc3nc[nH]c23)cc(C)c1N. The van der Waals surface area contributed by atoms with Crippen molar-refractivity contribution in [3.8, 4) is 11.6 Å². The third-order valence-electron chi connectivity index (χ3n) is 3.05. The predicted octanol–water partition coefficient (Wildman–Crippen LogP) is 1.93. The number of nitrogens with one attached hydrogen (secondary N) is 1. The highest BCUT2D eigenvalue weighted by molar-refractivity contribution is 5.77. The van der Waals surface area contributed by atoms with E-state index in [1.165, 1.54) is 6.33 Å². The Kier molecular flexibility index (Phi) is 2.67. The van der Waals surface area contributed by atoms with Crippen molar-refractivity contribution < 1.29 is 4.74 Å². The van der Waals surface area contributed by atoms with Gasteiger partial charge in [0.25, 0.3) is 5.88 Å². The van der Waals surface area contributed by atoms with Crippen LogP contribution in [0.5, 0.6) is 11.6 Å². The van der Waals surface area contributed by atoms with Crippen molar-refractivity contribution in [3.05, 3.63) is 29.6 Å². The number of benzene rings is 1. The quantitative estimate of drug-likeness (QED) is 0.613. The van der Waals surface area contributed by atoms with Gasteiger partial charge in [0.05, 0.1) is 6.33 Å². The summed E-state index contributed by atoms with van der Waals surface area (Å²) in [7, 11) is 0. The van der Waals surface area contributed by atoms with Crippen LogP contribution in [0, 0.1) is 13.8 Å². The van der Waals surface area contributed by atoms with Crippen molar-refractivity contribution in [1.82, 2.24) is 19.9 Å². The van der Waals surface area contributed by atoms with E-state index < -0.39 is 0 Å². The fourth-order valence-corrected chi connectivity index (χ4v) is 2.00. The summed E-state index contributed by atoms with van der Waals surface area (Å²) in [6.45, 7) is 3.85. The van der Waals surface area contributed by atoms with E-state index in [1.54, 1.807) is 0 Å². The Bertz CT molecular complexity index is 772. The second-order valence-electron chi connectivity index (χ2n) is 4.56. The zero-order valence-electron chi connectivity index (χ0n) is 11.1. The van der Waals surface area contributed by atoms with E-state index in [2.05, 4.69) is 19.9 Å². The van der Waals surface area contributed by atoms with Crippen molar-refractivity contribution >= 4 is 22.8 Å². The van der Waals surface area contributed by atoms with Crippen LogP contribution in [-0.2, 0) is 0 Å². The van der Waals surface area contributed by atoms with Crippen molar-refractivity contribution in [2.45, 2.75) is 13.8 Å². The first-order chi connectivity index (χ1) is 9.54. The Morgan fingerprint density at radius 2 is 1.80 bits per heavy atom. The van der Waals surface area contributed by atoms with Gasteiger partial charge in [0.1, 0.15) is 11.3 Å². The number of anilines is 2. The predicted molar refractivity (Wildman–Crippen MR) is 76.5 cm³/mol. The molecule has 0 saturated heterocycles. The summed E-state index contributed by atoms with van der Waals surface area (Å²) < 4.78 is 5.79. The molecule has 0 radical (unpaired) electrons. The molecular formula is C13H14N6O. The van der Waals surface area contributed by atoms with E-state index in [-0.39, 0.29) is 5.95 Å². The topological polar surface area (TPSA) is 116 Å². The number of aromatic nitrogens is 4. The zero-order chi connectivity index (χ0) is 14.3. The molecule has 0 aliphatic rings. The van der Waals surface area contributed by atoms with Gasteiger partial charge in [-0.05, 0) is 37.1 Å². The van der Waals surface area contributed by atoms with Crippen molar-refractivity contribution in [3.63, 3.8) is 0 Å². The Morgan fingerprint density at radius 3 is 2.50 bits per heavy atom. The molecule has 0 bridgehead atoms. The number of ether oxygens (including phenoxy) is 1. The third kappa shape index (κ3) is 1.99. The number of fused-ring (bicyclic) bond motifs is 1. The Labute approximate surface area is 115 Å². The third-order valence-corrected chi connectivity index (χ3v) is 3.05. The number of nitrogens with zero attached hydrogens (tertiary/aromatic N) is 3. The minimum Gasteiger partial charge on any atom is -0.437 e. The molecule has 0 spiro atoms. The molecule has 0 aliphatic carbocycles. The van der Waals surface area contributed by atoms with E-state index in [1.807, 2.05) is 26.0 Å². The minimum absolute atomic E-state index is 0.114. The highest BCUT2D eigenvalue weighted by Crippen LogP contribution is 2.29. The number of H-pyrrole nitrogens is 1. The maximum Gasteiger partial charge on any atom is 0.250 e. The van der Waals surface area contributed by atoms with Gasteiger partial charge in [-0.15, -0.1) is 0 Å². The summed E-state index contributed by atoms with van der Waals surface area (Å²) in [5, 5.41) is 0. The molecule has 102 valence electrons. The number of nitrogen functional groups attached to an aromatic ring is 2. The molecule has 0 saturated carbocycles. The van der Waals surface area contributed by atoms with Crippen LogP contribution in [0.15, 0.2) is 18.5 Å². The molecule has 7 heteroatoms. The number of hydrogen-bond acceptors (Lipinski definition) is 6. The number of imidazole rings is 1. The number of aryl methyl sites for hydroxylation is 2. The maximum atomic E-state index is 5.92. The monoisotopic (exact) mass is 270 g/mol. The van der Waals surface area contributed by atoms with Crippen LogP contribution in [0.4, 0.5) is 11.6 Å². The first-order valence-corrected chi connectivity index (χ1v) is 6.06. The van der Waals surface area contributed by atoms with Crippen molar-refractivity contribution in [2.75, 3.05) is 11.5 Å². The first-order valence-electron chi connectivity index (χ1n) is 6.06. The minimum atomic E-state index is 0.114. The van der Waals surface area contributed by atoms with Gasteiger partial charge in [-0.2, -0.15) is 9.97 Å². The van der Waals surface area contributed by atoms with Crippen LogP contribution in [-0.4, -0.2) is 19.9 Å². The van der Waals surface area contributed by atoms with Crippen LogP contribution < -0.4 is 16.2 Å². The van der Waals surface area contributed by atoms with Gasteiger partial charge < -0.3 is 21.2 Å². The first kappa shape index (κ1) is 12.2. The fourth-order valence-electron chi connectivity index (χ4n) is 2.00. The van der Waals surface area contributed by atoms with E-state index in [0.717, 1.165) is 16.8 Å². The summed E-state index contributed by atoms with van der Waals surface area (Å²) in [5.74, 6) is 1.10. The molecule has 7 nitrogen and oxygen atoms in total. The molecule has 3 aromatic rings. The Hall–Kier alpha value is -2.83. The van der Waals surface area contributed by atoms with Gasteiger partial charge in [-0.25, -0.2) is 4.98 Å². The summed E-state index contributed by atoms with van der Waals surface area (Å²) in [5.41, 5.74) is 15.3. The molecule has 0 unspecified atom stereocenters. The van der Waals surface area contributed by atoms with Crippen LogP contribution >= 0.6 is 0 Å². The van der Waals surface area contributed by atoms with Gasteiger partial charge >= 0.3 is 0 Å². The lowest BCUT2D eigenvalue weighted by Gasteiger charge is -2.10. The Balaban J connectivity index is 2.07. The van der Waals surface area contributed by atoms with E-state index in [4.69, 9.17) is 16.2 Å². The van der Waals surface area contributed by atoms with Gasteiger partial charge in [0.2, 0.25) is 5.95 Å². The molecule has 0 fully saturated rings. The lowest BCUT2D eigenvalue weighted by molar-refractivity contribution is 0.467.